The number of imidazole rings is 1. The van der Waals surface area contributed by atoms with Gasteiger partial charge in [0.15, 0.2) is 0 Å². The third kappa shape index (κ3) is 3.45. The Morgan fingerprint density at radius 2 is 1.97 bits per heavy atom. The highest BCUT2D eigenvalue weighted by Crippen LogP contribution is 2.32. The van der Waals surface area contributed by atoms with Crippen molar-refractivity contribution in [1.82, 2.24) is 19.9 Å². The molecular weight excluding hydrogens is 358 g/mol. The Labute approximate surface area is 169 Å². The molecule has 5 heteroatoms. The number of benzene rings is 1. The number of hydrogen-bond acceptors (Lipinski definition) is 4. The van der Waals surface area contributed by atoms with Gasteiger partial charge in [0.1, 0.15) is 0 Å². The third-order valence-corrected chi connectivity index (χ3v) is 5.56. The van der Waals surface area contributed by atoms with Crippen LogP contribution >= 0.6 is 0 Å². The molecule has 3 heterocycles. The maximum atomic E-state index is 6.04. The number of hydrogen-bond donors (Lipinski definition) is 2. The summed E-state index contributed by atoms with van der Waals surface area (Å²) >= 11 is 0. The summed E-state index contributed by atoms with van der Waals surface area (Å²) in [6.07, 6.45) is 8.94. The van der Waals surface area contributed by atoms with Crippen LogP contribution in [0.25, 0.3) is 39.1 Å². The van der Waals surface area contributed by atoms with Gasteiger partial charge in [-0.25, -0.2) is 4.98 Å². The van der Waals surface area contributed by atoms with Crippen molar-refractivity contribution in [2.75, 3.05) is 0 Å². The molecule has 1 aliphatic carbocycles. The van der Waals surface area contributed by atoms with Crippen LogP contribution in [0.5, 0.6) is 0 Å². The second-order valence-electron chi connectivity index (χ2n) is 7.69. The predicted octanol–water partition coefficient (Wildman–Crippen LogP) is 4.89. The molecule has 0 fully saturated rings. The molecule has 0 saturated heterocycles. The smallest absolute Gasteiger partial charge is 0.0977 e. The molecule has 1 atom stereocenters. The van der Waals surface area contributed by atoms with Crippen molar-refractivity contribution in [2.45, 2.75) is 32.2 Å². The Hall–Kier alpha value is -3.31. The average Bonchev–Trinajstić information content (AvgIpc) is 3.23. The van der Waals surface area contributed by atoms with Gasteiger partial charge >= 0.3 is 0 Å². The molecule has 5 rings (SSSR count). The standard InChI is InChI=1S/C24H23N5/c1-15-3-2-4-22(29-15)24-23(27-14-28-24)17-7-10-21-18(11-17)12-19(13-26-21)16-5-8-20(25)9-6-16/h2-5,7,10-14,20H,6,8-9,25H2,1H3,(H,27,28)/t20-/m0/s1. The van der Waals surface area contributed by atoms with E-state index in [2.05, 4.69) is 50.3 Å². The van der Waals surface area contributed by atoms with Crippen LogP contribution in [0.15, 0.2) is 61.1 Å². The summed E-state index contributed by atoms with van der Waals surface area (Å²) in [5.74, 6) is 0. The van der Waals surface area contributed by atoms with Gasteiger partial charge in [0.05, 0.1) is 28.9 Å². The Morgan fingerprint density at radius 1 is 1.07 bits per heavy atom. The van der Waals surface area contributed by atoms with Gasteiger partial charge in [0, 0.05) is 28.9 Å². The van der Waals surface area contributed by atoms with Crippen molar-refractivity contribution < 1.29 is 0 Å². The molecule has 29 heavy (non-hydrogen) atoms. The van der Waals surface area contributed by atoms with Gasteiger partial charge in [-0.15, -0.1) is 0 Å². The van der Waals surface area contributed by atoms with Crippen LogP contribution in [0.2, 0.25) is 0 Å². The fourth-order valence-corrected chi connectivity index (χ4v) is 3.96. The fraction of sp³-hybridized carbons (Fsp3) is 0.208. The van der Waals surface area contributed by atoms with Crippen LogP contribution in [-0.2, 0) is 0 Å². The van der Waals surface area contributed by atoms with Gasteiger partial charge in [0.25, 0.3) is 0 Å². The van der Waals surface area contributed by atoms with Crippen LogP contribution < -0.4 is 5.73 Å². The lowest BCUT2D eigenvalue weighted by atomic mass is 9.91. The number of fused-ring (bicyclic) bond motifs is 1. The van der Waals surface area contributed by atoms with E-state index >= 15 is 0 Å². The molecule has 3 N–H and O–H groups in total. The highest BCUT2D eigenvalue weighted by atomic mass is 14.9. The Balaban J connectivity index is 1.56. The second-order valence-corrected chi connectivity index (χ2v) is 7.69. The number of H-pyrrole nitrogens is 1. The number of rotatable bonds is 3. The van der Waals surface area contributed by atoms with E-state index in [9.17, 15) is 0 Å². The molecule has 0 spiro atoms. The number of nitrogens with one attached hydrogen (secondary N) is 1. The first-order valence-corrected chi connectivity index (χ1v) is 10.00. The van der Waals surface area contributed by atoms with E-state index in [1.54, 1.807) is 6.33 Å². The second kappa shape index (κ2) is 7.26. The summed E-state index contributed by atoms with van der Waals surface area (Å²) in [6.45, 7) is 2.00. The van der Waals surface area contributed by atoms with E-state index in [-0.39, 0.29) is 6.04 Å². The molecular formula is C24H23N5. The lowest BCUT2D eigenvalue weighted by Gasteiger charge is -2.18. The highest BCUT2D eigenvalue weighted by molar-refractivity contribution is 5.88. The maximum Gasteiger partial charge on any atom is 0.0977 e. The van der Waals surface area contributed by atoms with E-state index in [4.69, 9.17) is 5.73 Å². The summed E-state index contributed by atoms with van der Waals surface area (Å²) in [5, 5.41) is 1.11. The van der Waals surface area contributed by atoms with Gasteiger partial charge in [0.2, 0.25) is 0 Å². The van der Waals surface area contributed by atoms with Gasteiger partial charge in [-0.05, 0) is 67.7 Å². The van der Waals surface area contributed by atoms with Crippen molar-refractivity contribution in [3.8, 4) is 22.6 Å². The van der Waals surface area contributed by atoms with Gasteiger partial charge in [-0.2, -0.15) is 0 Å². The number of allylic oxidation sites excluding steroid dienone is 1. The van der Waals surface area contributed by atoms with Crippen molar-refractivity contribution >= 4 is 16.5 Å². The first-order valence-electron chi connectivity index (χ1n) is 10.00. The molecule has 5 nitrogen and oxygen atoms in total. The zero-order chi connectivity index (χ0) is 19.8. The minimum absolute atomic E-state index is 0.284. The SMILES string of the molecule is Cc1cccc(-c2[nH]cnc2-c2ccc3ncc(C4=CC[C@H](N)CC4)cc3c2)n1. The van der Waals surface area contributed by atoms with E-state index in [0.717, 1.165) is 58.5 Å². The Bertz CT molecular complexity index is 1220. The number of pyridine rings is 2. The Morgan fingerprint density at radius 3 is 2.79 bits per heavy atom. The molecule has 0 aliphatic heterocycles. The molecule has 1 aromatic carbocycles. The number of nitrogens with zero attached hydrogens (tertiary/aromatic N) is 3. The van der Waals surface area contributed by atoms with Crippen molar-refractivity contribution in [2.24, 2.45) is 5.73 Å². The van der Waals surface area contributed by atoms with Crippen molar-refractivity contribution in [1.29, 1.82) is 0 Å². The van der Waals surface area contributed by atoms with Crippen LogP contribution in [-0.4, -0.2) is 26.0 Å². The average molecular weight is 381 g/mol. The fourth-order valence-electron chi connectivity index (χ4n) is 3.96. The number of aromatic nitrogens is 4. The molecule has 3 aromatic heterocycles. The summed E-state index contributed by atoms with van der Waals surface area (Å²) < 4.78 is 0. The molecule has 1 aliphatic rings. The lowest BCUT2D eigenvalue weighted by molar-refractivity contribution is 0.614. The molecule has 0 saturated carbocycles. The molecule has 0 bridgehead atoms. The van der Waals surface area contributed by atoms with Crippen LogP contribution in [0.1, 0.15) is 30.5 Å². The normalized spacial score (nSPS) is 16.8. The third-order valence-electron chi connectivity index (χ3n) is 5.56. The molecule has 0 amide bonds. The maximum absolute atomic E-state index is 6.04. The molecule has 144 valence electrons. The Kier molecular flexibility index (Phi) is 4.45. The van der Waals surface area contributed by atoms with E-state index in [1.807, 2.05) is 31.3 Å². The van der Waals surface area contributed by atoms with E-state index in [0.29, 0.717) is 0 Å². The quantitative estimate of drug-likeness (QED) is 0.529. The first kappa shape index (κ1) is 17.8. The van der Waals surface area contributed by atoms with E-state index < -0.39 is 0 Å². The summed E-state index contributed by atoms with van der Waals surface area (Å²) in [7, 11) is 0. The topological polar surface area (TPSA) is 80.5 Å². The van der Waals surface area contributed by atoms with Crippen LogP contribution in [0.3, 0.4) is 0 Å². The molecule has 0 unspecified atom stereocenters. The van der Waals surface area contributed by atoms with Crippen LogP contribution in [0, 0.1) is 6.92 Å². The van der Waals surface area contributed by atoms with Crippen molar-refractivity contribution in [3.63, 3.8) is 0 Å². The predicted molar refractivity (Wildman–Crippen MR) is 117 cm³/mol. The monoisotopic (exact) mass is 381 g/mol. The molecule has 4 aromatic rings. The number of aromatic amines is 1. The summed E-state index contributed by atoms with van der Waals surface area (Å²) in [4.78, 5) is 17.2. The van der Waals surface area contributed by atoms with Crippen molar-refractivity contribution in [3.05, 3.63) is 72.3 Å². The lowest BCUT2D eigenvalue weighted by Crippen LogP contribution is -2.21. The largest absolute Gasteiger partial charge is 0.343 e. The van der Waals surface area contributed by atoms with E-state index in [1.165, 1.54) is 11.1 Å². The summed E-state index contributed by atoms with van der Waals surface area (Å²) in [5.41, 5.74) is 14.3. The number of nitrogens with two attached hydrogens (primary N) is 1. The highest BCUT2D eigenvalue weighted by Gasteiger charge is 2.15. The number of aryl methyl sites for hydroxylation is 1. The minimum Gasteiger partial charge on any atom is -0.343 e. The van der Waals surface area contributed by atoms with Crippen LogP contribution in [0.4, 0.5) is 0 Å². The zero-order valence-corrected chi connectivity index (χ0v) is 16.4. The van der Waals surface area contributed by atoms with Gasteiger partial charge in [-0.1, -0.05) is 18.2 Å². The first-order chi connectivity index (χ1) is 14.2. The van der Waals surface area contributed by atoms with Gasteiger partial charge in [-0.3, -0.25) is 9.97 Å². The summed E-state index contributed by atoms with van der Waals surface area (Å²) in [6, 6.07) is 14.8. The minimum atomic E-state index is 0.284. The zero-order valence-electron chi connectivity index (χ0n) is 16.4. The molecule has 0 radical (unpaired) electrons. The van der Waals surface area contributed by atoms with Gasteiger partial charge < -0.3 is 10.7 Å².